The molecule has 0 bridgehead atoms. The van der Waals surface area contributed by atoms with Crippen LogP contribution >= 0.6 is 11.3 Å². The SMILES string of the molecule is C[C@H]1NCCn2c(-c3nc4cnncc4s3)nnc21. The molecular weight excluding hydrogens is 262 g/mol. The molecule has 0 fully saturated rings. The number of hydrogen-bond donors (Lipinski definition) is 1. The molecule has 0 saturated heterocycles. The normalized spacial score (nSPS) is 18.7. The van der Waals surface area contributed by atoms with Crippen molar-refractivity contribution < 1.29 is 0 Å². The van der Waals surface area contributed by atoms with Crippen LogP contribution in [0, 0.1) is 0 Å². The van der Waals surface area contributed by atoms with E-state index in [1.807, 2.05) is 0 Å². The van der Waals surface area contributed by atoms with E-state index in [9.17, 15) is 0 Å². The fourth-order valence-corrected chi connectivity index (χ4v) is 3.19. The topological polar surface area (TPSA) is 81.4 Å². The molecule has 0 spiro atoms. The number of nitrogens with one attached hydrogen (secondary N) is 1. The van der Waals surface area contributed by atoms with Crippen LogP contribution in [-0.2, 0) is 6.54 Å². The molecule has 0 radical (unpaired) electrons. The van der Waals surface area contributed by atoms with Gasteiger partial charge in [-0.3, -0.25) is 0 Å². The van der Waals surface area contributed by atoms with Crippen LogP contribution in [0.4, 0.5) is 0 Å². The Bertz CT molecular complexity index is 713. The summed E-state index contributed by atoms with van der Waals surface area (Å²) in [6.07, 6.45) is 3.40. The number of hydrogen-bond acceptors (Lipinski definition) is 7. The van der Waals surface area contributed by atoms with Crippen LogP contribution in [0.3, 0.4) is 0 Å². The van der Waals surface area contributed by atoms with E-state index in [2.05, 4.69) is 42.2 Å². The lowest BCUT2D eigenvalue weighted by atomic mass is 10.2. The summed E-state index contributed by atoms with van der Waals surface area (Å²) in [7, 11) is 0. The Balaban J connectivity index is 1.88. The molecule has 1 aliphatic heterocycles. The molecule has 7 nitrogen and oxygen atoms in total. The van der Waals surface area contributed by atoms with Gasteiger partial charge in [0.15, 0.2) is 10.8 Å². The molecule has 1 N–H and O–H groups in total. The minimum atomic E-state index is 0.229. The molecule has 1 atom stereocenters. The number of fused-ring (bicyclic) bond motifs is 2. The highest BCUT2D eigenvalue weighted by molar-refractivity contribution is 7.21. The summed E-state index contributed by atoms with van der Waals surface area (Å²) < 4.78 is 3.16. The summed E-state index contributed by atoms with van der Waals surface area (Å²) >= 11 is 1.57. The van der Waals surface area contributed by atoms with E-state index in [0.29, 0.717) is 0 Å². The van der Waals surface area contributed by atoms with Gasteiger partial charge in [0.05, 0.1) is 23.1 Å². The third-order valence-electron chi connectivity index (χ3n) is 3.25. The minimum absolute atomic E-state index is 0.229. The first kappa shape index (κ1) is 10.9. The summed E-state index contributed by atoms with van der Waals surface area (Å²) in [6.45, 7) is 3.89. The zero-order valence-corrected chi connectivity index (χ0v) is 11.1. The molecule has 4 rings (SSSR count). The first-order chi connectivity index (χ1) is 9.33. The summed E-state index contributed by atoms with van der Waals surface area (Å²) in [5.74, 6) is 1.81. The maximum absolute atomic E-state index is 4.56. The predicted octanol–water partition coefficient (Wildman–Crippen LogP) is 1.01. The Hall–Kier alpha value is -1.93. The standard InChI is InChI=1S/C11H11N7S/c1-6-9-16-17-10(18(9)3-2-12-6)11-15-7-4-13-14-5-8(7)19-11/h4-6,12H,2-3H2,1H3/t6-/m1/s1. The molecule has 0 amide bonds. The van der Waals surface area contributed by atoms with Gasteiger partial charge in [-0.15, -0.1) is 21.5 Å². The van der Waals surface area contributed by atoms with Crippen LogP contribution in [0.1, 0.15) is 18.8 Å². The average Bonchev–Trinajstić information content (AvgIpc) is 3.02. The number of thiazole rings is 1. The van der Waals surface area contributed by atoms with Gasteiger partial charge in [-0.05, 0) is 6.92 Å². The first-order valence-corrected chi connectivity index (χ1v) is 6.88. The Kier molecular flexibility index (Phi) is 2.32. The second-order valence-corrected chi connectivity index (χ2v) is 5.50. The Morgan fingerprint density at radius 1 is 1.32 bits per heavy atom. The summed E-state index contributed by atoms with van der Waals surface area (Å²) in [5, 5.41) is 20.5. The van der Waals surface area contributed by atoms with Crippen molar-refractivity contribution in [1.29, 1.82) is 0 Å². The van der Waals surface area contributed by atoms with E-state index in [0.717, 1.165) is 40.0 Å². The molecule has 0 unspecified atom stereocenters. The molecule has 0 aliphatic carbocycles. The van der Waals surface area contributed by atoms with Crippen LogP contribution in [0.15, 0.2) is 12.4 Å². The van der Waals surface area contributed by atoms with Gasteiger partial charge < -0.3 is 9.88 Å². The molecule has 0 saturated carbocycles. The van der Waals surface area contributed by atoms with Crippen LogP contribution in [0.5, 0.6) is 0 Å². The van der Waals surface area contributed by atoms with Gasteiger partial charge in [-0.25, -0.2) is 4.98 Å². The van der Waals surface area contributed by atoms with E-state index < -0.39 is 0 Å². The predicted molar refractivity (Wildman–Crippen MR) is 70.6 cm³/mol. The largest absolute Gasteiger partial charge is 0.306 e. The molecular formula is C11H11N7S. The summed E-state index contributed by atoms with van der Waals surface area (Å²) in [6, 6.07) is 0.229. The van der Waals surface area contributed by atoms with E-state index in [-0.39, 0.29) is 6.04 Å². The zero-order valence-electron chi connectivity index (χ0n) is 10.2. The molecule has 3 aromatic heterocycles. The maximum Gasteiger partial charge on any atom is 0.193 e. The Labute approximate surface area is 112 Å². The van der Waals surface area contributed by atoms with Gasteiger partial charge in [-0.1, -0.05) is 0 Å². The van der Waals surface area contributed by atoms with Crippen molar-refractivity contribution in [2.75, 3.05) is 6.54 Å². The zero-order chi connectivity index (χ0) is 12.8. The lowest BCUT2D eigenvalue weighted by molar-refractivity contribution is 0.439. The average molecular weight is 273 g/mol. The van der Waals surface area contributed by atoms with Crippen molar-refractivity contribution >= 4 is 21.6 Å². The van der Waals surface area contributed by atoms with E-state index in [1.54, 1.807) is 23.7 Å². The quantitative estimate of drug-likeness (QED) is 0.712. The van der Waals surface area contributed by atoms with Gasteiger partial charge >= 0.3 is 0 Å². The van der Waals surface area contributed by atoms with Crippen molar-refractivity contribution in [3.63, 3.8) is 0 Å². The Morgan fingerprint density at radius 2 is 2.21 bits per heavy atom. The van der Waals surface area contributed by atoms with Crippen LogP contribution in [-0.4, -0.2) is 36.5 Å². The highest BCUT2D eigenvalue weighted by Gasteiger charge is 2.23. The third-order valence-corrected chi connectivity index (χ3v) is 4.25. The second-order valence-electron chi connectivity index (χ2n) is 4.47. The molecule has 8 heteroatoms. The number of rotatable bonds is 1. The minimum Gasteiger partial charge on any atom is -0.306 e. The van der Waals surface area contributed by atoms with Crippen molar-refractivity contribution in [3.8, 4) is 10.8 Å². The van der Waals surface area contributed by atoms with E-state index in [4.69, 9.17) is 0 Å². The van der Waals surface area contributed by atoms with E-state index >= 15 is 0 Å². The monoisotopic (exact) mass is 273 g/mol. The maximum atomic E-state index is 4.56. The van der Waals surface area contributed by atoms with Gasteiger partial charge in [0.2, 0.25) is 0 Å². The molecule has 96 valence electrons. The van der Waals surface area contributed by atoms with Crippen molar-refractivity contribution in [3.05, 3.63) is 18.2 Å². The molecule has 19 heavy (non-hydrogen) atoms. The van der Waals surface area contributed by atoms with Crippen molar-refractivity contribution in [2.45, 2.75) is 19.5 Å². The van der Waals surface area contributed by atoms with Crippen LogP contribution < -0.4 is 5.32 Å². The fourth-order valence-electron chi connectivity index (χ4n) is 2.30. The van der Waals surface area contributed by atoms with Crippen molar-refractivity contribution in [1.82, 2.24) is 35.3 Å². The summed E-state index contributed by atoms with van der Waals surface area (Å²) in [4.78, 5) is 4.56. The van der Waals surface area contributed by atoms with Gasteiger partial charge in [-0.2, -0.15) is 10.2 Å². The summed E-state index contributed by atoms with van der Waals surface area (Å²) in [5.41, 5.74) is 0.856. The lowest BCUT2D eigenvalue weighted by Crippen LogP contribution is -2.32. The fraction of sp³-hybridized carbons (Fsp3) is 0.364. The van der Waals surface area contributed by atoms with Gasteiger partial charge in [0, 0.05) is 13.1 Å². The number of nitrogens with zero attached hydrogens (tertiary/aromatic N) is 6. The Morgan fingerprint density at radius 3 is 3.11 bits per heavy atom. The first-order valence-electron chi connectivity index (χ1n) is 6.07. The van der Waals surface area contributed by atoms with Gasteiger partial charge in [0.25, 0.3) is 0 Å². The smallest absolute Gasteiger partial charge is 0.193 e. The number of aromatic nitrogens is 6. The second kappa shape index (κ2) is 4.04. The van der Waals surface area contributed by atoms with Gasteiger partial charge in [0.1, 0.15) is 11.3 Å². The molecule has 1 aliphatic rings. The highest BCUT2D eigenvalue weighted by Crippen LogP contribution is 2.30. The molecule has 0 aromatic carbocycles. The van der Waals surface area contributed by atoms with Crippen LogP contribution in [0.2, 0.25) is 0 Å². The molecule has 3 aromatic rings. The van der Waals surface area contributed by atoms with Crippen LogP contribution in [0.25, 0.3) is 21.0 Å². The third kappa shape index (κ3) is 1.64. The highest BCUT2D eigenvalue weighted by atomic mass is 32.1. The van der Waals surface area contributed by atoms with Crippen molar-refractivity contribution in [2.24, 2.45) is 0 Å². The molecule has 4 heterocycles. The lowest BCUT2D eigenvalue weighted by Gasteiger charge is -2.21. The van der Waals surface area contributed by atoms with E-state index in [1.165, 1.54) is 0 Å².